The van der Waals surface area contributed by atoms with Gasteiger partial charge in [-0.25, -0.2) is 0 Å². The van der Waals surface area contributed by atoms with Crippen molar-refractivity contribution in [2.45, 2.75) is 32.7 Å². The fraction of sp³-hybridized carbons (Fsp3) is 0.462. The summed E-state index contributed by atoms with van der Waals surface area (Å²) in [6.45, 7) is 4.33. The van der Waals surface area contributed by atoms with Crippen molar-refractivity contribution in [1.29, 1.82) is 0 Å². The number of halogens is 1. The van der Waals surface area contributed by atoms with Gasteiger partial charge in [-0.15, -0.1) is 0 Å². The molecule has 1 aromatic carbocycles. The first-order valence-corrected chi connectivity index (χ1v) is 6.13. The van der Waals surface area contributed by atoms with Crippen molar-refractivity contribution in [3.63, 3.8) is 0 Å². The Morgan fingerprint density at radius 1 is 1.53 bits per heavy atom. The van der Waals surface area contributed by atoms with E-state index < -0.39 is 0 Å². The van der Waals surface area contributed by atoms with Crippen LogP contribution in [-0.2, 0) is 0 Å². The SMILES string of the molecule is CCOc1ccc(C(=O)CCC(C)N)cc1Cl. The number of ether oxygens (including phenoxy) is 1. The average Bonchev–Trinajstić information content (AvgIpc) is 2.28. The summed E-state index contributed by atoms with van der Waals surface area (Å²) in [6, 6.07) is 5.15. The number of Topliss-reactive ketones (excluding diaryl/α,β-unsaturated/α-hetero) is 1. The van der Waals surface area contributed by atoms with E-state index in [9.17, 15) is 4.79 Å². The van der Waals surface area contributed by atoms with E-state index in [1.165, 1.54) is 0 Å². The maximum absolute atomic E-state index is 11.8. The van der Waals surface area contributed by atoms with Gasteiger partial charge in [0.15, 0.2) is 5.78 Å². The lowest BCUT2D eigenvalue weighted by Crippen LogP contribution is -2.16. The molecule has 0 aliphatic rings. The molecular weight excluding hydrogens is 238 g/mol. The highest BCUT2D eigenvalue weighted by Gasteiger charge is 2.10. The van der Waals surface area contributed by atoms with Gasteiger partial charge in [0.1, 0.15) is 5.75 Å². The normalized spacial score (nSPS) is 12.2. The van der Waals surface area contributed by atoms with Crippen LogP contribution in [0.1, 0.15) is 37.0 Å². The van der Waals surface area contributed by atoms with Crippen LogP contribution in [0.15, 0.2) is 18.2 Å². The van der Waals surface area contributed by atoms with Gasteiger partial charge in [0.05, 0.1) is 11.6 Å². The molecule has 1 rings (SSSR count). The second kappa shape index (κ2) is 6.62. The predicted molar refractivity (Wildman–Crippen MR) is 69.8 cm³/mol. The molecule has 2 N–H and O–H groups in total. The summed E-state index contributed by atoms with van der Waals surface area (Å²) < 4.78 is 5.31. The van der Waals surface area contributed by atoms with Crippen LogP contribution in [0, 0.1) is 0 Å². The zero-order valence-electron chi connectivity index (χ0n) is 10.2. The molecule has 1 aromatic rings. The molecule has 94 valence electrons. The quantitative estimate of drug-likeness (QED) is 0.795. The topological polar surface area (TPSA) is 52.3 Å². The standard InChI is InChI=1S/C13H18ClNO2/c1-3-17-13-7-5-10(8-11(13)14)12(16)6-4-9(2)15/h5,7-9H,3-4,6,15H2,1-2H3. The van der Waals surface area contributed by atoms with Gasteiger partial charge in [-0.3, -0.25) is 4.79 Å². The van der Waals surface area contributed by atoms with Crippen molar-refractivity contribution >= 4 is 17.4 Å². The molecule has 0 bridgehead atoms. The van der Waals surface area contributed by atoms with Gasteiger partial charge >= 0.3 is 0 Å². The molecule has 1 unspecified atom stereocenters. The summed E-state index contributed by atoms with van der Waals surface area (Å²) in [6.07, 6.45) is 1.13. The Morgan fingerprint density at radius 2 is 2.24 bits per heavy atom. The molecule has 0 aliphatic heterocycles. The number of carbonyl (C=O) groups excluding carboxylic acids is 1. The molecule has 17 heavy (non-hydrogen) atoms. The summed E-state index contributed by atoms with van der Waals surface area (Å²) in [5, 5.41) is 0.471. The first kappa shape index (κ1) is 14.0. The molecule has 0 fully saturated rings. The lowest BCUT2D eigenvalue weighted by atomic mass is 10.0. The van der Waals surface area contributed by atoms with Gasteiger partial charge in [0, 0.05) is 18.0 Å². The number of hydrogen-bond donors (Lipinski definition) is 1. The Hall–Kier alpha value is -1.06. The summed E-state index contributed by atoms with van der Waals surface area (Å²) in [4.78, 5) is 11.8. The molecule has 0 aromatic heterocycles. The molecule has 0 aliphatic carbocycles. The molecule has 0 heterocycles. The van der Waals surface area contributed by atoms with Crippen molar-refractivity contribution in [2.75, 3.05) is 6.61 Å². The minimum absolute atomic E-state index is 0.0390. The van der Waals surface area contributed by atoms with E-state index in [0.29, 0.717) is 35.8 Å². The van der Waals surface area contributed by atoms with E-state index in [2.05, 4.69) is 0 Å². The van der Waals surface area contributed by atoms with E-state index in [4.69, 9.17) is 22.1 Å². The van der Waals surface area contributed by atoms with Crippen LogP contribution in [0.5, 0.6) is 5.75 Å². The summed E-state index contributed by atoms with van der Waals surface area (Å²) >= 11 is 6.01. The number of rotatable bonds is 6. The predicted octanol–water partition coefficient (Wildman–Crippen LogP) is 3.05. The van der Waals surface area contributed by atoms with Crippen molar-refractivity contribution in [1.82, 2.24) is 0 Å². The van der Waals surface area contributed by atoms with Crippen LogP contribution >= 0.6 is 11.6 Å². The molecule has 0 amide bonds. The van der Waals surface area contributed by atoms with E-state index in [0.717, 1.165) is 0 Å². The second-order valence-electron chi connectivity index (χ2n) is 4.02. The van der Waals surface area contributed by atoms with Crippen LogP contribution in [0.2, 0.25) is 5.02 Å². The zero-order valence-corrected chi connectivity index (χ0v) is 11.0. The lowest BCUT2D eigenvalue weighted by Gasteiger charge is -2.08. The minimum atomic E-state index is 0.0390. The highest BCUT2D eigenvalue weighted by atomic mass is 35.5. The fourth-order valence-corrected chi connectivity index (χ4v) is 1.69. The summed E-state index contributed by atoms with van der Waals surface area (Å²) in [5.74, 6) is 0.671. The third-order valence-electron chi connectivity index (χ3n) is 2.38. The third kappa shape index (κ3) is 4.36. The summed E-state index contributed by atoms with van der Waals surface area (Å²) in [5.41, 5.74) is 6.22. The minimum Gasteiger partial charge on any atom is -0.492 e. The Kier molecular flexibility index (Phi) is 5.45. The Morgan fingerprint density at radius 3 is 2.76 bits per heavy atom. The Bertz CT molecular complexity index is 391. The van der Waals surface area contributed by atoms with E-state index >= 15 is 0 Å². The van der Waals surface area contributed by atoms with Crippen LogP contribution in [-0.4, -0.2) is 18.4 Å². The van der Waals surface area contributed by atoms with Gasteiger partial charge in [0.25, 0.3) is 0 Å². The van der Waals surface area contributed by atoms with Crippen LogP contribution in [0.25, 0.3) is 0 Å². The number of benzene rings is 1. The van der Waals surface area contributed by atoms with E-state index in [1.807, 2.05) is 13.8 Å². The number of hydrogen-bond acceptors (Lipinski definition) is 3. The van der Waals surface area contributed by atoms with Gasteiger partial charge in [-0.05, 0) is 38.5 Å². The molecule has 0 saturated carbocycles. The van der Waals surface area contributed by atoms with Crippen molar-refractivity contribution < 1.29 is 9.53 Å². The Labute approximate surface area is 107 Å². The van der Waals surface area contributed by atoms with Crippen LogP contribution in [0.3, 0.4) is 0 Å². The molecule has 0 spiro atoms. The van der Waals surface area contributed by atoms with Gasteiger partial charge in [-0.1, -0.05) is 11.6 Å². The zero-order chi connectivity index (χ0) is 12.8. The monoisotopic (exact) mass is 255 g/mol. The average molecular weight is 256 g/mol. The number of nitrogens with two attached hydrogens (primary N) is 1. The van der Waals surface area contributed by atoms with Gasteiger partial charge < -0.3 is 10.5 Å². The van der Waals surface area contributed by atoms with Gasteiger partial charge in [-0.2, -0.15) is 0 Å². The molecule has 0 radical (unpaired) electrons. The van der Waals surface area contributed by atoms with E-state index in [-0.39, 0.29) is 11.8 Å². The maximum atomic E-state index is 11.8. The number of ketones is 1. The largest absolute Gasteiger partial charge is 0.492 e. The highest BCUT2D eigenvalue weighted by Crippen LogP contribution is 2.26. The summed E-state index contributed by atoms with van der Waals surface area (Å²) in [7, 11) is 0. The van der Waals surface area contributed by atoms with Gasteiger partial charge in [0.2, 0.25) is 0 Å². The maximum Gasteiger partial charge on any atom is 0.162 e. The van der Waals surface area contributed by atoms with Crippen molar-refractivity contribution in [3.05, 3.63) is 28.8 Å². The van der Waals surface area contributed by atoms with E-state index in [1.54, 1.807) is 18.2 Å². The lowest BCUT2D eigenvalue weighted by molar-refractivity contribution is 0.0978. The second-order valence-corrected chi connectivity index (χ2v) is 4.42. The first-order chi connectivity index (χ1) is 8.04. The van der Waals surface area contributed by atoms with Crippen LogP contribution in [0.4, 0.5) is 0 Å². The first-order valence-electron chi connectivity index (χ1n) is 5.75. The number of carbonyl (C=O) groups is 1. The van der Waals surface area contributed by atoms with Crippen LogP contribution < -0.4 is 10.5 Å². The smallest absolute Gasteiger partial charge is 0.162 e. The van der Waals surface area contributed by atoms with Crippen molar-refractivity contribution in [2.24, 2.45) is 5.73 Å². The molecule has 1 atom stereocenters. The highest BCUT2D eigenvalue weighted by molar-refractivity contribution is 6.32. The molecule has 0 saturated heterocycles. The molecule has 3 nitrogen and oxygen atoms in total. The van der Waals surface area contributed by atoms with Crippen molar-refractivity contribution in [3.8, 4) is 5.75 Å². The fourth-order valence-electron chi connectivity index (χ4n) is 1.45. The molecular formula is C13H18ClNO2. The molecule has 4 heteroatoms. The third-order valence-corrected chi connectivity index (χ3v) is 2.68. The Balaban J connectivity index is 2.72.